The molecule has 8 fully saturated rings. The molecule has 280 valence electrons. The third-order valence-corrected chi connectivity index (χ3v) is 14.5. The number of nitrogens with zero attached hydrogens (tertiary/aromatic N) is 2. The van der Waals surface area contributed by atoms with Crippen LogP contribution < -0.4 is 15.2 Å². The zero-order valence-corrected chi connectivity index (χ0v) is 32.8. The molecule has 52 heavy (non-hydrogen) atoms. The van der Waals surface area contributed by atoms with Gasteiger partial charge in [0.05, 0.1) is 18.1 Å². The van der Waals surface area contributed by atoms with E-state index in [1.165, 1.54) is 87.6 Å². The van der Waals surface area contributed by atoms with Gasteiger partial charge >= 0.3 is 6.15 Å². The number of benzene rings is 2. The molecule has 2 aromatic carbocycles. The van der Waals surface area contributed by atoms with Crippen LogP contribution in [0.5, 0.6) is 11.5 Å². The van der Waals surface area contributed by atoms with E-state index in [4.69, 9.17) is 24.8 Å². The average molecular weight is 766 g/mol. The molecule has 0 amide bonds. The highest BCUT2D eigenvalue weighted by Crippen LogP contribution is 2.59. The summed E-state index contributed by atoms with van der Waals surface area (Å²) < 4.78 is 13.4. The van der Waals surface area contributed by atoms with Crippen LogP contribution in [0.4, 0.5) is 0 Å². The molecule has 11 heteroatoms. The highest BCUT2D eigenvalue weighted by Gasteiger charge is 2.60. The molecule has 8 heterocycles. The minimum absolute atomic E-state index is 0. The standard InChI is InChI=1S/C21H25NO2S.C10H10OS.C9H16N2.CO2.ClH/c1-2-24-16-4-3-15-11-20(25-19(15)12-16)18(23)13-17-14-5-9-22(10-6-14)21(17)7-8-21;1-2-11-9-4-3-8-5-6-12-10(8)7-9;10-8-7-1-5-11(6-2-7)9(8)3-4-9;2-1-3;/h3-4,11-12,14,17H,2,5-10,13H2,1H3;3-7H,2H2,1H3;7-8H,1-6,10H2;;1H/t17-;;8-;;/m1.1../s1. The van der Waals surface area contributed by atoms with Gasteiger partial charge in [-0.2, -0.15) is 9.59 Å². The van der Waals surface area contributed by atoms with E-state index in [1.54, 1.807) is 22.7 Å². The summed E-state index contributed by atoms with van der Waals surface area (Å²) in [5.74, 6) is 4.44. The fourth-order valence-electron chi connectivity index (χ4n) is 9.62. The van der Waals surface area contributed by atoms with Gasteiger partial charge in [-0.3, -0.25) is 14.6 Å². The lowest BCUT2D eigenvalue weighted by atomic mass is 9.70. The number of rotatable bonds is 7. The number of piperidine rings is 6. The summed E-state index contributed by atoms with van der Waals surface area (Å²) in [5, 5.41) is 4.55. The van der Waals surface area contributed by atoms with Gasteiger partial charge in [0.15, 0.2) is 5.78 Å². The van der Waals surface area contributed by atoms with Gasteiger partial charge in [-0.1, -0.05) is 0 Å². The minimum Gasteiger partial charge on any atom is -0.494 e. The SMILES string of the molecule is CCOc1ccc2cc(C(=O)C[C@@H]3C4CCN(CC4)C34CC4)sc2c1.CCOc1ccc2ccsc2c1.Cl.N[C@@H]1C2CCN(CC2)C12CC2.O=C=O. The maximum absolute atomic E-state index is 13.0. The Kier molecular flexibility index (Phi) is 12.5. The first-order chi connectivity index (χ1) is 24.8. The number of halogens is 1. The van der Waals surface area contributed by atoms with Crippen molar-refractivity contribution in [2.24, 2.45) is 23.5 Å². The van der Waals surface area contributed by atoms with Crippen LogP contribution in [-0.2, 0) is 9.59 Å². The van der Waals surface area contributed by atoms with Crippen molar-refractivity contribution in [2.45, 2.75) is 88.8 Å². The van der Waals surface area contributed by atoms with Crippen molar-refractivity contribution < 1.29 is 23.9 Å². The maximum Gasteiger partial charge on any atom is 0.373 e. The number of hydrogen-bond donors (Lipinski definition) is 1. The molecule has 6 saturated heterocycles. The number of hydrogen-bond acceptors (Lipinski definition) is 10. The average Bonchev–Trinajstić information content (AvgIpc) is 4.02. The predicted octanol–water partition coefficient (Wildman–Crippen LogP) is 8.46. The Hall–Kier alpha value is -2.82. The van der Waals surface area contributed by atoms with Crippen LogP contribution in [-0.4, -0.2) is 78.2 Å². The van der Waals surface area contributed by atoms with Gasteiger partial charge in [0.25, 0.3) is 0 Å². The van der Waals surface area contributed by atoms with E-state index < -0.39 is 0 Å². The molecule has 2 spiro atoms. The summed E-state index contributed by atoms with van der Waals surface area (Å²) in [4.78, 5) is 35.6. The molecular formula is C41H52ClN3O5S2. The van der Waals surface area contributed by atoms with Crippen molar-refractivity contribution in [3.8, 4) is 11.5 Å². The Morgan fingerprint density at radius 1 is 0.788 bits per heavy atom. The monoisotopic (exact) mass is 765 g/mol. The molecule has 8 nitrogen and oxygen atoms in total. The van der Waals surface area contributed by atoms with E-state index >= 15 is 0 Å². The van der Waals surface area contributed by atoms with Crippen LogP contribution in [0.3, 0.4) is 0 Å². The Bertz CT molecular complexity index is 1840. The number of Topliss-reactive ketones (excluding diaryl/α,β-unsaturated/α-hetero) is 1. The molecule has 0 unspecified atom stereocenters. The quantitative estimate of drug-likeness (QED) is 0.187. The molecule has 6 aliphatic heterocycles. The summed E-state index contributed by atoms with van der Waals surface area (Å²) in [5.41, 5.74) is 7.13. The normalized spacial score (nSPS) is 27.5. The molecule has 2 aliphatic carbocycles. The van der Waals surface area contributed by atoms with E-state index in [1.807, 2.05) is 26.0 Å². The second-order valence-corrected chi connectivity index (χ2v) is 17.0. The highest BCUT2D eigenvalue weighted by molar-refractivity contribution is 7.20. The fourth-order valence-corrected chi connectivity index (χ4v) is 11.5. The van der Waals surface area contributed by atoms with E-state index in [2.05, 4.69) is 51.6 Å². The summed E-state index contributed by atoms with van der Waals surface area (Å²) >= 11 is 3.38. The predicted molar refractivity (Wildman–Crippen MR) is 211 cm³/mol. The van der Waals surface area contributed by atoms with Gasteiger partial charge in [0.1, 0.15) is 11.5 Å². The number of ketones is 1. The van der Waals surface area contributed by atoms with Crippen molar-refractivity contribution in [1.82, 2.24) is 9.80 Å². The van der Waals surface area contributed by atoms with Crippen LogP contribution in [0.15, 0.2) is 53.9 Å². The number of nitrogens with two attached hydrogens (primary N) is 1. The summed E-state index contributed by atoms with van der Waals surface area (Å²) in [6.45, 7) is 10.6. The van der Waals surface area contributed by atoms with Crippen molar-refractivity contribution in [2.75, 3.05) is 39.4 Å². The molecule has 2 saturated carbocycles. The maximum atomic E-state index is 13.0. The molecule has 2 N–H and O–H groups in total. The molecule has 4 bridgehead atoms. The van der Waals surface area contributed by atoms with Crippen LogP contribution in [0, 0.1) is 17.8 Å². The van der Waals surface area contributed by atoms with E-state index in [-0.39, 0.29) is 18.6 Å². The first-order valence-electron chi connectivity index (χ1n) is 18.9. The third kappa shape index (κ3) is 7.85. The Balaban J connectivity index is 0.000000143. The second kappa shape index (κ2) is 16.7. The lowest BCUT2D eigenvalue weighted by molar-refractivity contribution is -0.191. The van der Waals surface area contributed by atoms with Crippen molar-refractivity contribution in [1.29, 1.82) is 0 Å². The Morgan fingerprint density at radius 3 is 1.87 bits per heavy atom. The summed E-state index contributed by atoms with van der Waals surface area (Å²) in [6, 6.07) is 17.1. The van der Waals surface area contributed by atoms with Gasteiger partial charge in [0.2, 0.25) is 0 Å². The Morgan fingerprint density at radius 2 is 1.33 bits per heavy atom. The van der Waals surface area contributed by atoms with Gasteiger partial charge in [-0.05, 0) is 174 Å². The molecule has 2 aromatic heterocycles. The van der Waals surface area contributed by atoms with Crippen LogP contribution in [0.25, 0.3) is 20.2 Å². The molecule has 8 aliphatic rings. The van der Waals surface area contributed by atoms with Gasteiger partial charge in [0, 0.05) is 32.9 Å². The summed E-state index contributed by atoms with van der Waals surface area (Å²) in [7, 11) is 0. The lowest BCUT2D eigenvalue weighted by Gasteiger charge is -2.52. The third-order valence-electron chi connectivity index (χ3n) is 12.5. The molecule has 0 radical (unpaired) electrons. The number of fused-ring (bicyclic) bond motifs is 6. The molecular weight excluding hydrogens is 714 g/mol. The number of carbonyl (C=O) groups is 1. The van der Waals surface area contributed by atoms with Crippen LogP contribution in [0.1, 0.15) is 81.3 Å². The largest absolute Gasteiger partial charge is 0.494 e. The minimum atomic E-state index is 0. The first kappa shape index (κ1) is 38.9. The van der Waals surface area contributed by atoms with Crippen molar-refractivity contribution in [3.63, 3.8) is 0 Å². The fraction of sp³-hybridized carbons (Fsp3) is 0.561. The van der Waals surface area contributed by atoms with E-state index in [0.717, 1.165) is 51.3 Å². The number of ether oxygens (including phenoxy) is 2. The van der Waals surface area contributed by atoms with Gasteiger partial charge < -0.3 is 15.2 Å². The van der Waals surface area contributed by atoms with Crippen molar-refractivity contribution >= 4 is 67.2 Å². The van der Waals surface area contributed by atoms with Crippen molar-refractivity contribution in [3.05, 3.63) is 58.8 Å². The highest BCUT2D eigenvalue weighted by atomic mass is 35.5. The zero-order chi connectivity index (χ0) is 35.6. The van der Waals surface area contributed by atoms with Crippen LogP contribution >= 0.6 is 35.1 Å². The van der Waals surface area contributed by atoms with E-state index in [9.17, 15) is 4.79 Å². The number of carbonyl (C=O) groups excluding carboxylic acids is 3. The molecule has 2 atom stereocenters. The topological polar surface area (TPSA) is 102 Å². The second-order valence-electron chi connectivity index (χ2n) is 15.0. The smallest absolute Gasteiger partial charge is 0.373 e. The summed E-state index contributed by atoms with van der Waals surface area (Å²) in [6.07, 6.45) is 11.7. The molecule has 12 rings (SSSR count). The Labute approximate surface area is 321 Å². The lowest BCUT2D eigenvalue weighted by Crippen LogP contribution is -2.63. The van der Waals surface area contributed by atoms with E-state index in [0.29, 0.717) is 35.4 Å². The zero-order valence-electron chi connectivity index (χ0n) is 30.3. The number of thiophene rings is 2. The van der Waals surface area contributed by atoms with Crippen LogP contribution in [0.2, 0.25) is 0 Å². The van der Waals surface area contributed by atoms with Gasteiger partial charge in [-0.25, -0.2) is 0 Å². The first-order valence-corrected chi connectivity index (χ1v) is 20.6. The van der Waals surface area contributed by atoms with Gasteiger partial charge in [-0.15, -0.1) is 35.1 Å². The molecule has 4 aromatic rings.